The molecule has 5 nitrogen and oxygen atoms in total. The van der Waals surface area contributed by atoms with E-state index in [1.54, 1.807) is 4.90 Å². The van der Waals surface area contributed by atoms with E-state index in [1.807, 2.05) is 32.9 Å². The molecule has 0 aromatic heterocycles. The molecule has 0 N–H and O–H groups in total. The normalized spacial score (nSPS) is 17.8. The van der Waals surface area contributed by atoms with Crippen LogP contribution in [-0.2, 0) is 13.9 Å². The Bertz CT molecular complexity index is 835. The lowest BCUT2D eigenvalue weighted by Gasteiger charge is -2.45. The van der Waals surface area contributed by atoms with E-state index in [4.69, 9.17) is 13.9 Å². The molecule has 0 aliphatic carbocycles. The molecule has 1 atom stereocenters. The van der Waals surface area contributed by atoms with Gasteiger partial charge >= 0.3 is 6.09 Å². The fourth-order valence-electron chi connectivity index (χ4n) is 4.34. The maximum atomic E-state index is 12.9. The maximum Gasteiger partial charge on any atom is 0.410 e. The van der Waals surface area contributed by atoms with Gasteiger partial charge in [0.15, 0.2) is 0 Å². The van der Waals surface area contributed by atoms with Crippen molar-refractivity contribution in [3.8, 4) is 0 Å². The molecular formula is C26H37NO4Si. The Kier molecular flexibility index (Phi) is 7.48. The predicted molar refractivity (Wildman–Crippen MR) is 131 cm³/mol. The van der Waals surface area contributed by atoms with Crippen LogP contribution < -0.4 is 10.4 Å². The van der Waals surface area contributed by atoms with Crippen LogP contribution >= 0.6 is 0 Å². The third-order valence-electron chi connectivity index (χ3n) is 5.76. The van der Waals surface area contributed by atoms with Crippen LogP contribution in [0.4, 0.5) is 4.79 Å². The van der Waals surface area contributed by atoms with Crippen molar-refractivity contribution in [2.24, 2.45) is 0 Å². The summed E-state index contributed by atoms with van der Waals surface area (Å²) in [5.74, 6) is 0. The molecule has 0 radical (unpaired) electrons. The molecule has 1 aliphatic heterocycles. The van der Waals surface area contributed by atoms with Crippen molar-refractivity contribution in [3.05, 3.63) is 60.7 Å². The van der Waals surface area contributed by atoms with Crippen LogP contribution in [0.1, 0.15) is 41.5 Å². The van der Waals surface area contributed by atoms with Gasteiger partial charge in [-0.1, -0.05) is 81.4 Å². The molecule has 1 amide bonds. The van der Waals surface area contributed by atoms with Crippen LogP contribution in [0.15, 0.2) is 60.7 Å². The summed E-state index contributed by atoms with van der Waals surface area (Å²) < 4.78 is 18.4. The van der Waals surface area contributed by atoms with E-state index in [1.165, 1.54) is 10.4 Å². The van der Waals surface area contributed by atoms with Gasteiger partial charge in [0, 0.05) is 6.54 Å². The number of hydrogen-bond donors (Lipinski definition) is 0. The molecule has 174 valence electrons. The van der Waals surface area contributed by atoms with Crippen molar-refractivity contribution in [1.29, 1.82) is 0 Å². The van der Waals surface area contributed by atoms with Crippen molar-refractivity contribution >= 4 is 24.8 Å². The maximum absolute atomic E-state index is 12.9. The van der Waals surface area contributed by atoms with Crippen molar-refractivity contribution in [2.75, 3.05) is 26.4 Å². The second-order valence-corrected chi connectivity index (χ2v) is 14.7. The molecule has 1 saturated heterocycles. The summed E-state index contributed by atoms with van der Waals surface area (Å²) in [6, 6.07) is 20.9. The average Bonchev–Trinajstić information content (AvgIpc) is 2.74. The van der Waals surface area contributed by atoms with Gasteiger partial charge in [-0.25, -0.2) is 4.79 Å². The lowest BCUT2D eigenvalue weighted by atomic mass is 10.2. The van der Waals surface area contributed by atoms with Gasteiger partial charge in [-0.3, -0.25) is 4.90 Å². The second-order valence-electron chi connectivity index (χ2n) is 10.4. The number of ether oxygens (including phenoxy) is 2. The molecule has 2 aromatic rings. The Morgan fingerprint density at radius 1 is 0.969 bits per heavy atom. The first-order valence-electron chi connectivity index (χ1n) is 11.4. The number of amides is 1. The number of nitrogens with zero attached hydrogens (tertiary/aromatic N) is 1. The second kappa shape index (κ2) is 9.77. The summed E-state index contributed by atoms with van der Waals surface area (Å²) in [7, 11) is -2.68. The number of carbonyl (C=O) groups excluding carboxylic acids is 1. The molecule has 1 heterocycles. The summed E-state index contributed by atoms with van der Waals surface area (Å²) in [4.78, 5) is 14.7. The summed E-state index contributed by atoms with van der Waals surface area (Å²) in [5.41, 5.74) is -0.543. The molecule has 6 heteroatoms. The van der Waals surface area contributed by atoms with Crippen molar-refractivity contribution in [3.63, 3.8) is 0 Å². The van der Waals surface area contributed by atoms with Gasteiger partial charge in [0.05, 0.1) is 25.9 Å². The molecular weight excluding hydrogens is 418 g/mol. The standard InChI is InChI=1S/C26H37NO4Si/c1-25(2,3)31-24(28)27-17-18-29-19-21(27)20-30-32(26(4,5)6,22-13-9-7-10-14-22)23-15-11-8-12-16-23/h7-16,21H,17-20H2,1-6H3/t21-/m1/s1. The largest absolute Gasteiger partial charge is 0.444 e. The molecule has 2 aromatic carbocycles. The first-order chi connectivity index (χ1) is 15.0. The number of morpholine rings is 1. The van der Waals surface area contributed by atoms with Crippen LogP contribution in [0.2, 0.25) is 5.04 Å². The zero-order valence-corrected chi connectivity index (χ0v) is 21.3. The molecule has 3 rings (SSSR count). The van der Waals surface area contributed by atoms with Crippen LogP contribution in [0.25, 0.3) is 0 Å². The molecule has 0 bridgehead atoms. The summed E-state index contributed by atoms with van der Waals surface area (Å²) in [6.45, 7) is 14.3. The van der Waals surface area contributed by atoms with E-state index >= 15 is 0 Å². The smallest absolute Gasteiger partial charge is 0.410 e. The SMILES string of the molecule is CC(C)(C)OC(=O)N1CCOC[C@@H]1CO[Si](c1ccccc1)(c1ccccc1)C(C)(C)C. The van der Waals surface area contributed by atoms with Gasteiger partial charge in [0.1, 0.15) is 5.60 Å². The van der Waals surface area contributed by atoms with Gasteiger partial charge in [-0.05, 0) is 36.2 Å². The minimum absolute atomic E-state index is 0.123. The Morgan fingerprint density at radius 2 is 1.50 bits per heavy atom. The van der Waals surface area contributed by atoms with Gasteiger partial charge < -0.3 is 13.9 Å². The molecule has 1 aliphatic rings. The minimum Gasteiger partial charge on any atom is -0.444 e. The number of benzene rings is 2. The number of rotatable bonds is 5. The molecule has 32 heavy (non-hydrogen) atoms. The van der Waals surface area contributed by atoms with Crippen molar-refractivity contribution in [2.45, 2.75) is 58.2 Å². The zero-order valence-electron chi connectivity index (χ0n) is 20.3. The molecule has 0 unspecified atom stereocenters. The van der Waals surface area contributed by atoms with Crippen molar-refractivity contribution in [1.82, 2.24) is 4.90 Å². The predicted octanol–water partition coefficient (Wildman–Crippen LogP) is 4.20. The quantitative estimate of drug-likeness (QED) is 0.634. The van der Waals surface area contributed by atoms with Gasteiger partial charge in [0.2, 0.25) is 0 Å². The number of carbonyl (C=O) groups is 1. The van der Waals surface area contributed by atoms with Crippen LogP contribution in [0, 0.1) is 0 Å². The third-order valence-corrected chi connectivity index (χ3v) is 10.8. The fourth-order valence-corrected chi connectivity index (χ4v) is 8.93. The van der Waals surface area contributed by atoms with E-state index in [0.717, 1.165) is 0 Å². The molecule has 1 fully saturated rings. The van der Waals surface area contributed by atoms with Crippen LogP contribution in [-0.4, -0.2) is 57.3 Å². The van der Waals surface area contributed by atoms with Crippen molar-refractivity contribution < 1.29 is 18.7 Å². The Morgan fingerprint density at radius 3 is 1.97 bits per heavy atom. The molecule has 0 saturated carbocycles. The van der Waals surface area contributed by atoms with E-state index in [-0.39, 0.29) is 17.2 Å². The van der Waals surface area contributed by atoms with Gasteiger partial charge in [0.25, 0.3) is 8.32 Å². The topological polar surface area (TPSA) is 48.0 Å². The summed E-state index contributed by atoms with van der Waals surface area (Å²) in [5, 5.41) is 2.32. The van der Waals surface area contributed by atoms with E-state index in [2.05, 4.69) is 69.3 Å². The lowest BCUT2D eigenvalue weighted by Crippen LogP contribution is -2.68. The monoisotopic (exact) mass is 455 g/mol. The first-order valence-corrected chi connectivity index (χ1v) is 13.3. The third kappa shape index (κ3) is 5.42. The highest BCUT2D eigenvalue weighted by Crippen LogP contribution is 2.37. The zero-order chi connectivity index (χ0) is 23.4. The highest BCUT2D eigenvalue weighted by Gasteiger charge is 2.50. The highest BCUT2D eigenvalue weighted by molar-refractivity contribution is 6.99. The van der Waals surface area contributed by atoms with Crippen LogP contribution in [0.5, 0.6) is 0 Å². The molecule has 0 spiro atoms. The lowest BCUT2D eigenvalue weighted by molar-refractivity contribution is -0.0426. The van der Waals surface area contributed by atoms with E-state index in [9.17, 15) is 4.79 Å². The van der Waals surface area contributed by atoms with Gasteiger partial charge in [-0.15, -0.1) is 0 Å². The first kappa shape index (κ1) is 24.5. The number of hydrogen-bond acceptors (Lipinski definition) is 4. The Balaban J connectivity index is 1.96. The average molecular weight is 456 g/mol. The summed E-state index contributed by atoms with van der Waals surface area (Å²) in [6.07, 6.45) is -0.308. The Labute approximate surface area is 193 Å². The highest BCUT2D eigenvalue weighted by atomic mass is 28.4. The Hall–Kier alpha value is -2.15. The van der Waals surface area contributed by atoms with Gasteiger partial charge in [-0.2, -0.15) is 0 Å². The fraction of sp³-hybridized carbons (Fsp3) is 0.500. The summed E-state index contributed by atoms with van der Waals surface area (Å²) >= 11 is 0. The van der Waals surface area contributed by atoms with Crippen LogP contribution in [0.3, 0.4) is 0 Å². The minimum atomic E-state index is -2.68. The van der Waals surface area contributed by atoms with E-state index < -0.39 is 13.9 Å². The van der Waals surface area contributed by atoms with E-state index in [0.29, 0.717) is 26.4 Å².